The van der Waals surface area contributed by atoms with E-state index >= 15 is 0 Å². The summed E-state index contributed by atoms with van der Waals surface area (Å²) in [5.74, 6) is -1.09. The van der Waals surface area contributed by atoms with Crippen LogP contribution in [0.15, 0.2) is 4.52 Å². The molecule has 0 aliphatic heterocycles. The standard InChI is InChI=1S/C13H20F3N3O2/c1-2-20-7-10(17)11-18-12(21-19-11)8-4-3-5-9(6-8)13(14,15)16/h8-10H,2-7,17H2,1H3. The fraction of sp³-hybridized carbons (Fsp3) is 0.846. The Morgan fingerprint density at radius 3 is 2.86 bits per heavy atom. The van der Waals surface area contributed by atoms with E-state index in [1.165, 1.54) is 0 Å². The zero-order valence-electron chi connectivity index (χ0n) is 11.9. The van der Waals surface area contributed by atoms with Gasteiger partial charge in [-0.15, -0.1) is 0 Å². The zero-order chi connectivity index (χ0) is 15.5. The third-order valence-electron chi connectivity index (χ3n) is 3.78. The summed E-state index contributed by atoms with van der Waals surface area (Å²) in [6, 6.07) is -0.524. The van der Waals surface area contributed by atoms with Crippen LogP contribution < -0.4 is 5.73 Å². The molecule has 0 saturated heterocycles. The van der Waals surface area contributed by atoms with Crippen molar-refractivity contribution in [3.63, 3.8) is 0 Å². The first kappa shape index (κ1) is 16.2. The van der Waals surface area contributed by atoms with Gasteiger partial charge < -0.3 is 15.0 Å². The lowest BCUT2D eigenvalue weighted by Crippen LogP contribution is -2.28. The molecule has 3 atom stereocenters. The lowest BCUT2D eigenvalue weighted by atomic mass is 9.81. The van der Waals surface area contributed by atoms with Crippen LogP contribution >= 0.6 is 0 Å². The van der Waals surface area contributed by atoms with Crippen molar-refractivity contribution in [2.45, 2.75) is 50.7 Å². The highest BCUT2D eigenvalue weighted by atomic mass is 19.4. The van der Waals surface area contributed by atoms with E-state index in [1.54, 1.807) is 0 Å². The molecule has 120 valence electrons. The zero-order valence-corrected chi connectivity index (χ0v) is 11.9. The second-order valence-electron chi connectivity index (χ2n) is 5.36. The van der Waals surface area contributed by atoms with E-state index in [9.17, 15) is 13.2 Å². The maximum absolute atomic E-state index is 12.8. The number of nitrogens with zero attached hydrogens (tertiary/aromatic N) is 2. The Morgan fingerprint density at radius 1 is 1.43 bits per heavy atom. The minimum atomic E-state index is -4.16. The lowest BCUT2D eigenvalue weighted by molar-refractivity contribution is -0.183. The molecule has 0 spiro atoms. The van der Waals surface area contributed by atoms with Gasteiger partial charge in [0.25, 0.3) is 0 Å². The van der Waals surface area contributed by atoms with Crippen LogP contribution in [0.1, 0.15) is 56.3 Å². The average molecular weight is 307 g/mol. The molecule has 1 heterocycles. The molecule has 1 aliphatic carbocycles. The monoisotopic (exact) mass is 307 g/mol. The third-order valence-corrected chi connectivity index (χ3v) is 3.78. The Balaban J connectivity index is 2.00. The second kappa shape index (κ2) is 6.74. The number of nitrogens with two attached hydrogens (primary N) is 1. The first-order valence-electron chi connectivity index (χ1n) is 7.15. The molecule has 0 bridgehead atoms. The van der Waals surface area contributed by atoms with Crippen LogP contribution in [0.3, 0.4) is 0 Å². The molecule has 1 aliphatic rings. The Labute approximate surface area is 121 Å². The number of aromatic nitrogens is 2. The van der Waals surface area contributed by atoms with E-state index < -0.39 is 18.1 Å². The lowest BCUT2D eigenvalue weighted by Gasteiger charge is -2.28. The first-order chi connectivity index (χ1) is 9.91. The number of halogens is 3. The fourth-order valence-electron chi connectivity index (χ4n) is 2.59. The summed E-state index contributed by atoms with van der Waals surface area (Å²) in [6.45, 7) is 2.62. The van der Waals surface area contributed by atoms with E-state index in [2.05, 4.69) is 10.1 Å². The first-order valence-corrected chi connectivity index (χ1v) is 7.15. The van der Waals surface area contributed by atoms with Gasteiger partial charge in [0.05, 0.1) is 18.6 Å². The van der Waals surface area contributed by atoms with Crippen LogP contribution in [0.2, 0.25) is 0 Å². The number of alkyl halides is 3. The summed E-state index contributed by atoms with van der Waals surface area (Å²) in [7, 11) is 0. The van der Waals surface area contributed by atoms with Crippen LogP contribution in [0.4, 0.5) is 13.2 Å². The number of hydrogen-bond donors (Lipinski definition) is 1. The summed E-state index contributed by atoms with van der Waals surface area (Å²) < 4.78 is 48.7. The topological polar surface area (TPSA) is 74.2 Å². The van der Waals surface area contributed by atoms with Gasteiger partial charge in [-0.25, -0.2) is 0 Å². The Morgan fingerprint density at radius 2 is 2.19 bits per heavy atom. The van der Waals surface area contributed by atoms with Crippen LogP contribution in [-0.2, 0) is 4.74 Å². The molecular formula is C13H20F3N3O2. The predicted octanol–water partition coefficient (Wildman–Crippen LogP) is 2.94. The molecule has 0 radical (unpaired) electrons. The average Bonchev–Trinajstić information content (AvgIpc) is 2.94. The molecule has 1 aromatic rings. The molecule has 1 aromatic heterocycles. The maximum atomic E-state index is 12.8. The molecule has 2 rings (SSSR count). The van der Waals surface area contributed by atoms with Gasteiger partial charge in [-0.1, -0.05) is 11.6 Å². The summed E-state index contributed by atoms with van der Waals surface area (Å²) in [6.07, 6.45) is -2.84. The quantitative estimate of drug-likeness (QED) is 0.905. The van der Waals surface area contributed by atoms with Crippen molar-refractivity contribution in [2.24, 2.45) is 11.7 Å². The second-order valence-corrected chi connectivity index (χ2v) is 5.36. The Hall–Kier alpha value is -1.15. The molecule has 3 unspecified atom stereocenters. The molecule has 8 heteroatoms. The largest absolute Gasteiger partial charge is 0.391 e. The molecule has 0 aromatic carbocycles. The van der Waals surface area contributed by atoms with Crippen molar-refractivity contribution in [1.29, 1.82) is 0 Å². The van der Waals surface area contributed by atoms with Gasteiger partial charge in [-0.05, 0) is 26.2 Å². The minimum absolute atomic E-state index is 0.00579. The normalized spacial score (nSPS) is 25.0. The maximum Gasteiger partial charge on any atom is 0.391 e. The van der Waals surface area contributed by atoms with Gasteiger partial charge in [0.1, 0.15) is 0 Å². The van der Waals surface area contributed by atoms with Gasteiger partial charge in [0.15, 0.2) is 5.82 Å². The van der Waals surface area contributed by atoms with E-state index in [4.69, 9.17) is 15.0 Å². The SMILES string of the molecule is CCOCC(N)c1noc(C2CCCC(C(F)(F)F)C2)n1. The van der Waals surface area contributed by atoms with Gasteiger partial charge in [-0.3, -0.25) is 0 Å². The van der Waals surface area contributed by atoms with Gasteiger partial charge >= 0.3 is 6.18 Å². The van der Waals surface area contributed by atoms with Crippen molar-refractivity contribution < 1.29 is 22.4 Å². The van der Waals surface area contributed by atoms with E-state index in [0.717, 1.165) is 0 Å². The summed E-state index contributed by atoms with van der Waals surface area (Å²) in [5.41, 5.74) is 5.83. The highest BCUT2D eigenvalue weighted by molar-refractivity contribution is 5.00. The van der Waals surface area contributed by atoms with Crippen LogP contribution in [0.25, 0.3) is 0 Å². The minimum Gasteiger partial charge on any atom is -0.380 e. The third kappa shape index (κ3) is 4.16. The van der Waals surface area contributed by atoms with Crippen molar-refractivity contribution in [3.05, 3.63) is 11.7 Å². The van der Waals surface area contributed by atoms with Gasteiger partial charge in [0, 0.05) is 12.5 Å². The van der Waals surface area contributed by atoms with Crippen LogP contribution in [0.5, 0.6) is 0 Å². The Bertz CT molecular complexity index is 450. The molecule has 1 fully saturated rings. The van der Waals surface area contributed by atoms with Gasteiger partial charge in [0.2, 0.25) is 5.89 Å². The number of hydrogen-bond acceptors (Lipinski definition) is 5. The molecule has 21 heavy (non-hydrogen) atoms. The molecule has 1 saturated carbocycles. The molecular weight excluding hydrogens is 287 g/mol. The predicted molar refractivity (Wildman–Crippen MR) is 68.5 cm³/mol. The van der Waals surface area contributed by atoms with Crippen molar-refractivity contribution >= 4 is 0 Å². The van der Waals surface area contributed by atoms with Crippen molar-refractivity contribution in [1.82, 2.24) is 10.1 Å². The van der Waals surface area contributed by atoms with E-state index in [1.807, 2.05) is 6.92 Å². The summed E-state index contributed by atoms with van der Waals surface area (Å²) in [4.78, 5) is 4.15. The summed E-state index contributed by atoms with van der Waals surface area (Å²) in [5, 5.41) is 3.76. The molecule has 2 N–H and O–H groups in total. The highest BCUT2D eigenvalue weighted by Crippen LogP contribution is 2.43. The van der Waals surface area contributed by atoms with Gasteiger partial charge in [-0.2, -0.15) is 18.2 Å². The highest BCUT2D eigenvalue weighted by Gasteiger charge is 2.43. The van der Waals surface area contributed by atoms with Crippen LogP contribution in [-0.4, -0.2) is 29.5 Å². The molecule has 0 amide bonds. The van der Waals surface area contributed by atoms with Crippen LogP contribution in [0, 0.1) is 5.92 Å². The van der Waals surface area contributed by atoms with Crippen molar-refractivity contribution in [3.8, 4) is 0 Å². The Kier molecular flexibility index (Phi) is 5.21. The molecule has 5 nitrogen and oxygen atoms in total. The number of ether oxygens (including phenoxy) is 1. The smallest absolute Gasteiger partial charge is 0.380 e. The fourth-order valence-corrected chi connectivity index (χ4v) is 2.59. The van der Waals surface area contributed by atoms with Crippen molar-refractivity contribution in [2.75, 3.05) is 13.2 Å². The van der Waals surface area contributed by atoms with E-state index in [-0.39, 0.29) is 37.1 Å². The summed E-state index contributed by atoms with van der Waals surface area (Å²) >= 11 is 0. The van der Waals surface area contributed by atoms with E-state index in [0.29, 0.717) is 19.4 Å². The number of rotatable bonds is 5.